The van der Waals surface area contributed by atoms with Gasteiger partial charge >= 0.3 is 0 Å². The van der Waals surface area contributed by atoms with Crippen LogP contribution in [-0.4, -0.2) is 36.1 Å². The largest absolute Gasteiger partial charge is 0.496 e. The van der Waals surface area contributed by atoms with Crippen molar-refractivity contribution in [3.8, 4) is 5.75 Å². The van der Waals surface area contributed by atoms with Gasteiger partial charge in [0.05, 0.1) is 19.4 Å². The number of hydrogen-bond acceptors (Lipinski definition) is 3. The lowest BCUT2D eigenvalue weighted by molar-refractivity contribution is -0.128. The van der Waals surface area contributed by atoms with Gasteiger partial charge in [0.2, 0.25) is 5.91 Å². The highest BCUT2D eigenvalue weighted by Crippen LogP contribution is 2.20. The SMILES string of the molecule is COc1ccc(CC(=O)N2CCSC2)cc1C. The van der Waals surface area contributed by atoms with Crippen LogP contribution in [0.5, 0.6) is 5.75 Å². The fourth-order valence-electron chi connectivity index (χ4n) is 1.95. The van der Waals surface area contributed by atoms with Crippen LogP contribution in [0.2, 0.25) is 0 Å². The summed E-state index contributed by atoms with van der Waals surface area (Å²) >= 11 is 1.82. The molecule has 0 N–H and O–H groups in total. The Morgan fingerprint density at radius 2 is 2.35 bits per heavy atom. The first-order valence-electron chi connectivity index (χ1n) is 5.70. The number of ether oxygens (including phenoxy) is 1. The van der Waals surface area contributed by atoms with Gasteiger partial charge < -0.3 is 9.64 Å². The molecular formula is C13H17NO2S. The first kappa shape index (κ1) is 12.3. The van der Waals surface area contributed by atoms with E-state index in [9.17, 15) is 4.79 Å². The predicted molar refractivity (Wildman–Crippen MR) is 70.5 cm³/mol. The maximum absolute atomic E-state index is 12.0. The standard InChI is InChI=1S/C13H17NO2S/c1-10-7-11(3-4-12(10)16-2)8-13(15)14-5-6-17-9-14/h3-4,7H,5-6,8-9H2,1-2H3. The number of carbonyl (C=O) groups is 1. The summed E-state index contributed by atoms with van der Waals surface area (Å²) in [6, 6.07) is 5.92. The summed E-state index contributed by atoms with van der Waals surface area (Å²) in [7, 11) is 1.66. The van der Waals surface area contributed by atoms with Crippen LogP contribution in [0.15, 0.2) is 18.2 Å². The van der Waals surface area contributed by atoms with Gasteiger partial charge in [-0.3, -0.25) is 4.79 Å². The van der Waals surface area contributed by atoms with Crippen molar-refractivity contribution in [3.63, 3.8) is 0 Å². The van der Waals surface area contributed by atoms with E-state index in [4.69, 9.17) is 4.74 Å². The molecule has 0 atom stereocenters. The van der Waals surface area contributed by atoms with Crippen LogP contribution in [0.25, 0.3) is 0 Å². The molecule has 1 aliphatic heterocycles. The van der Waals surface area contributed by atoms with E-state index in [1.807, 2.05) is 41.8 Å². The summed E-state index contributed by atoms with van der Waals surface area (Å²) in [5.74, 6) is 3.00. The Labute approximate surface area is 106 Å². The topological polar surface area (TPSA) is 29.5 Å². The molecule has 2 rings (SSSR count). The van der Waals surface area contributed by atoms with Gasteiger partial charge in [0, 0.05) is 12.3 Å². The first-order chi connectivity index (χ1) is 8.20. The Bertz CT molecular complexity index is 414. The predicted octanol–water partition coefficient (Wildman–Crippen LogP) is 2.08. The average molecular weight is 251 g/mol. The molecule has 0 spiro atoms. The van der Waals surface area contributed by atoms with Crippen molar-refractivity contribution < 1.29 is 9.53 Å². The molecule has 1 aromatic rings. The summed E-state index contributed by atoms with van der Waals surface area (Å²) in [5, 5.41) is 0. The minimum absolute atomic E-state index is 0.222. The zero-order chi connectivity index (χ0) is 12.3. The van der Waals surface area contributed by atoms with Crippen LogP contribution < -0.4 is 4.74 Å². The smallest absolute Gasteiger partial charge is 0.227 e. The van der Waals surface area contributed by atoms with Gasteiger partial charge in [-0.1, -0.05) is 12.1 Å². The zero-order valence-corrected chi connectivity index (χ0v) is 11.0. The van der Waals surface area contributed by atoms with E-state index >= 15 is 0 Å². The van der Waals surface area contributed by atoms with E-state index in [1.54, 1.807) is 7.11 Å². The molecule has 92 valence electrons. The molecule has 0 bridgehead atoms. The van der Waals surface area contributed by atoms with Crippen molar-refractivity contribution in [1.29, 1.82) is 0 Å². The number of hydrogen-bond donors (Lipinski definition) is 0. The zero-order valence-electron chi connectivity index (χ0n) is 10.2. The third-order valence-corrected chi connectivity index (χ3v) is 3.89. The quantitative estimate of drug-likeness (QED) is 0.823. The molecule has 1 fully saturated rings. The van der Waals surface area contributed by atoms with Gasteiger partial charge in [0.25, 0.3) is 0 Å². The third kappa shape index (κ3) is 2.94. The van der Waals surface area contributed by atoms with Crippen molar-refractivity contribution in [2.24, 2.45) is 0 Å². The third-order valence-electron chi connectivity index (χ3n) is 2.92. The number of methoxy groups -OCH3 is 1. The van der Waals surface area contributed by atoms with Crippen LogP contribution in [0.3, 0.4) is 0 Å². The van der Waals surface area contributed by atoms with Gasteiger partial charge in [-0.05, 0) is 24.1 Å². The van der Waals surface area contributed by atoms with Gasteiger partial charge in [-0.2, -0.15) is 0 Å². The highest BCUT2D eigenvalue weighted by Gasteiger charge is 2.18. The Kier molecular flexibility index (Phi) is 3.94. The van der Waals surface area contributed by atoms with E-state index < -0.39 is 0 Å². The van der Waals surface area contributed by atoms with Crippen LogP contribution in [0, 0.1) is 6.92 Å². The normalized spacial score (nSPS) is 15.1. The van der Waals surface area contributed by atoms with Crippen molar-refractivity contribution in [1.82, 2.24) is 4.90 Å². The molecule has 0 aliphatic carbocycles. The number of rotatable bonds is 3. The molecule has 1 heterocycles. The van der Waals surface area contributed by atoms with Crippen LogP contribution in [-0.2, 0) is 11.2 Å². The van der Waals surface area contributed by atoms with Gasteiger partial charge in [0.1, 0.15) is 5.75 Å². The molecule has 1 aromatic carbocycles. The maximum Gasteiger partial charge on any atom is 0.227 e. The van der Waals surface area contributed by atoms with Crippen molar-refractivity contribution in [3.05, 3.63) is 29.3 Å². The molecule has 0 radical (unpaired) electrons. The maximum atomic E-state index is 12.0. The Balaban J connectivity index is 2.03. The van der Waals surface area contributed by atoms with Gasteiger partial charge in [-0.15, -0.1) is 11.8 Å². The monoisotopic (exact) mass is 251 g/mol. The fourth-order valence-corrected chi connectivity index (χ4v) is 2.92. The Hall–Kier alpha value is -1.16. The van der Waals surface area contributed by atoms with Crippen LogP contribution in [0.4, 0.5) is 0 Å². The summed E-state index contributed by atoms with van der Waals surface area (Å²) in [6.07, 6.45) is 0.491. The number of carbonyl (C=O) groups excluding carboxylic acids is 1. The van der Waals surface area contributed by atoms with E-state index in [2.05, 4.69) is 0 Å². The minimum Gasteiger partial charge on any atom is -0.496 e. The minimum atomic E-state index is 0.222. The second kappa shape index (κ2) is 5.45. The first-order valence-corrected chi connectivity index (χ1v) is 6.85. The summed E-state index contributed by atoms with van der Waals surface area (Å²) in [4.78, 5) is 13.9. The Morgan fingerprint density at radius 1 is 1.53 bits per heavy atom. The highest BCUT2D eigenvalue weighted by molar-refractivity contribution is 7.99. The lowest BCUT2D eigenvalue weighted by Crippen LogP contribution is -2.29. The molecule has 0 saturated carbocycles. The van der Waals surface area contributed by atoms with E-state index in [-0.39, 0.29) is 5.91 Å². The second-order valence-corrected chi connectivity index (χ2v) is 5.25. The van der Waals surface area contributed by atoms with Crippen molar-refractivity contribution in [2.75, 3.05) is 25.3 Å². The number of amides is 1. The molecule has 1 amide bonds. The number of thioether (sulfide) groups is 1. The lowest BCUT2D eigenvalue weighted by atomic mass is 10.1. The summed E-state index contributed by atoms with van der Waals surface area (Å²) in [6.45, 7) is 2.89. The van der Waals surface area contributed by atoms with Gasteiger partial charge in [-0.25, -0.2) is 0 Å². The molecular weight excluding hydrogens is 234 g/mol. The van der Waals surface area contributed by atoms with Crippen molar-refractivity contribution >= 4 is 17.7 Å². The fraction of sp³-hybridized carbons (Fsp3) is 0.462. The van der Waals surface area contributed by atoms with Gasteiger partial charge in [0.15, 0.2) is 0 Å². The number of aryl methyl sites for hydroxylation is 1. The molecule has 17 heavy (non-hydrogen) atoms. The molecule has 1 aliphatic rings. The number of nitrogens with zero attached hydrogens (tertiary/aromatic N) is 1. The second-order valence-electron chi connectivity index (χ2n) is 4.18. The van der Waals surface area contributed by atoms with E-state index in [0.29, 0.717) is 6.42 Å². The molecule has 1 saturated heterocycles. The van der Waals surface area contributed by atoms with E-state index in [0.717, 1.165) is 35.1 Å². The molecule has 0 unspecified atom stereocenters. The summed E-state index contributed by atoms with van der Waals surface area (Å²) < 4.78 is 5.21. The van der Waals surface area contributed by atoms with E-state index in [1.165, 1.54) is 0 Å². The molecule has 0 aromatic heterocycles. The van der Waals surface area contributed by atoms with Crippen molar-refractivity contribution in [2.45, 2.75) is 13.3 Å². The molecule has 3 nitrogen and oxygen atoms in total. The Morgan fingerprint density at radius 3 is 2.94 bits per heavy atom. The van der Waals surface area contributed by atoms with Crippen LogP contribution >= 0.6 is 11.8 Å². The molecule has 4 heteroatoms. The van der Waals surface area contributed by atoms with Crippen LogP contribution in [0.1, 0.15) is 11.1 Å². The highest BCUT2D eigenvalue weighted by atomic mass is 32.2. The number of benzene rings is 1. The average Bonchev–Trinajstić information content (AvgIpc) is 2.82. The lowest BCUT2D eigenvalue weighted by Gasteiger charge is -2.14. The summed E-state index contributed by atoms with van der Waals surface area (Å²) in [5.41, 5.74) is 2.14.